The van der Waals surface area contributed by atoms with E-state index in [-0.39, 0.29) is 40.8 Å². The molecule has 0 aliphatic carbocycles. The number of imide groups is 1. The van der Waals surface area contributed by atoms with Gasteiger partial charge in [-0.3, -0.25) is 14.9 Å². The largest absolute Gasteiger partial charge is 0.450 e. The summed E-state index contributed by atoms with van der Waals surface area (Å²) in [5.74, 6) is -1.30. The van der Waals surface area contributed by atoms with Crippen LogP contribution in [0, 0.1) is 0 Å². The molecule has 1 aromatic carbocycles. The molecule has 0 unspecified atom stereocenters. The summed E-state index contributed by atoms with van der Waals surface area (Å²) in [7, 11) is -3.68. The van der Waals surface area contributed by atoms with E-state index in [2.05, 4.69) is 10.6 Å². The van der Waals surface area contributed by atoms with Crippen LogP contribution in [0.1, 0.15) is 70.7 Å². The highest BCUT2D eigenvalue weighted by Crippen LogP contribution is 2.37. The van der Waals surface area contributed by atoms with Crippen molar-refractivity contribution in [2.24, 2.45) is 0 Å². The standard InChI is InChI=1S/C27H34N4O8S2/c1-3-38-26(34)29-24(33)22-20-13-16-30(27(35)39-4-2)17-21(20)40-25(22)28-23(32)18-9-11-19(12-10-18)41(36,37)31-14-7-5-6-8-15-31/h9-12H,3-8,13-17H2,1-2H3,(H,28,32)(H,29,33,34). The van der Waals surface area contributed by atoms with Crippen molar-refractivity contribution in [3.63, 3.8) is 0 Å². The maximum absolute atomic E-state index is 13.2. The van der Waals surface area contributed by atoms with Gasteiger partial charge in [0.25, 0.3) is 11.8 Å². The minimum absolute atomic E-state index is 0.0719. The summed E-state index contributed by atoms with van der Waals surface area (Å²) >= 11 is 1.12. The number of rotatable bonds is 7. The van der Waals surface area contributed by atoms with Gasteiger partial charge in [-0.15, -0.1) is 11.3 Å². The Balaban J connectivity index is 1.57. The lowest BCUT2D eigenvalue weighted by Gasteiger charge is -2.26. The number of alkyl carbamates (subject to hydrolysis) is 1. The molecule has 222 valence electrons. The molecule has 0 bridgehead atoms. The van der Waals surface area contributed by atoms with Crippen LogP contribution in [0.2, 0.25) is 0 Å². The van der Waals surface area contributed by atoms with Crippen molar-refractivity contribution in [3.8, 4) is 0 Å². The smallest absolute Gasteiger partial charge is 0.414 e. The Morgan fingerprint density at radius 1 is 0.902 bits per heavy atom. The molecular formula is C27H34N4O8S2. The fourth-order valence-corrected chi connectivity index (χ4v) is 7.58. The van der Waals surface area contributed by atoms with E-state index in [1.54, 1.807) is 13.8 Å². The van der Waals surface area contributed by atoms with E-state index in [4.69, 9.17) is 9.47 Å². The van der Waals surface area contributed by atoms with Gasteiger partial charge in [0, 0.05) is 30.1 Å². The SMILES string of the molecule is CCOC(=O)NC(=O)c1c(NC(=O)c2ccc(S(=O)(=O)N3CCCCCC3)cc2)sc2c1CCN(C(=O)OCC)C2. The Hall–Kier alpha value is -3.49. The summed E-state index contributed by atoms with van der Waals surface area (Å²) < 4.78 is 37.6. The first-order valence-corrected chi connectivity index (χ1v) is 15.9. The number of amides is 4. The van der Waals surface area contributed by atoms with Gasteiger partial charge in [-0.2, -0.15) is 4.31 Å². The number of benzene rings is 1. The van der Waals surface area contributed by atoms with Gasteiger partial charge in [0.2, 0.25) is 10.0 Å². The molecule has 41 heavy (non-hydrogen) atoms. The van der Waals surface area contributed by atoms with Crippen LogP contribution in [0.4, 0.5) is 14.6 Å². The summed E-state index contributed by atoms with van der Waals surface area (Å²) in [4.78, 5) is 52.9. The monoisotopic (exact) mass is 606 g/mol. The summed E-state index contributed by atoms with van der Waals surface area (Å²) in [6.45, 7) is 5.02. The number of carbonyl (C=O) groups is 4. The molecule has 0 saturated carbocycles. The zero-order valence-electron chi connectivity index (χ0n) is 23.1. The summed E-state index contributed by atoms with van der Waals surface area (Å²) in [5.41, 5.74) is 0.929. The van der Waals surface area contributed by atoms with E-state index >= 15 is 0 Å². The fraction of sp³-hybridized carbons (Fsp3) is 0.481. The number of anilines is 1. The van der Waals surface area contributed by atoms with Crippen molar-refractivity contribution in [1.82, 2.24) is 14.5 Å². The van der Waals surface area contributed by atoms with Crippen LogP contribution in [0.5, 0.6) is 0 Å². The average molecular weight is 607 g/mol. The number of ether oxygens (including phenoxy) is 2. The lowest BCUT2D eigenvalue weighted by atomic mass is 10.0. The first-order chi connectivity index (χ1) is 19.6. The highest BCUT2D eigenvalue weighted by molar-refractivity contribution is 7.89. The van der Waals surface area contributed by atoms with E-state index in [1.165, 1.54) is 33.5 Å². The van der Waals surface area contributed by atoms with Gasteiger partial charge in [0.05, 0.1) is 30.2 Å². The number of hydrogen-bond donors (Lipinski definition) is 2. The minimum atomic E-state index is -3.68. The first-order valence-electron chi connectivity index (χ1n) is 13.6. The van der Waals surface area contributed by atoms with E-state index in [0.717, 1.165) is 37.0 Å². The predicted molar refractivity (Wildman–Crippen MR) is 152 cm³/mol. The topological polar surface area (TPSA) is 151 Å². The normalized spacial score (nSPS) is 15.8. The molecule has 1 fully saturated rings. The quantitative estimate of drug-likeness (QED) is 0.481. The average Bonchev–Trinajstić information content (AvgIpc) is 3.09. The number of thiophene rings is 1. The zero-order valence-corrected chi connectivity index (χ0v) is 24.7. The van der Waals surface area contributed by atoms with Crippen molar-refractivity contribution in [1.29, 1.82) is 0 Å². The highest BCUT2D eigenvalue weighted by atomic mass is 32.2. The second-order valence-corrected chi connectivity index (χ2v) is 12.6. The predicted octanol–water partition coefficient (Wildman–Crippen LogP) is 3.97. The Morgan fingerprint density at radius 2 is 1.56 bits per heavy atom. The molecule has 2 aliphatic heterocycles. The maximum Gasteiger partial charge on any atom is 0.414 e. The Morgan fingerprint density at radius 3 is 2.20 bits per heavy atom. The van der Waals surface area contributed by atoms with Crippen molar-refractivity contribution in [3.05, 3.63) is 45.8 Å². The molecule has 4 amide bonds. The van der Waals surface area contributed by atoms with Crippen LogP contribution in [0.25, 0.3) is 0 Å². The fourth-order valence-electron chi connectivity index (χ4n) is 4.81. The van der Waals surface area contributed by atoms with E-state index < -0.39 is 34.0 Å². The number of nitrogens with zero attached hydrogens (tertiary/aromatic N) is 2. The van der Waals surface area contributed by atoms with Crippen LogP contribution in [-0.2, 0) is 32.5 Å². The lowest BCUT2D eigenvalue weighted by Crippen LogP contribution is -2.37. The summed E-state index contributed by atoms with van der Waals surface area (Å²) in [6.07, 6.45) is 2.54. The zero-order chi connectivity index (χ0) is 29.6. The van der Waals surface area contributed by atoms with Gasteiger partial charge in [0.15, 0.2) is 0 Å². The van der Waals surface area contributed by atoms with E-state index in [9.17, 15) is 27.6 Å². The van der Waals surface area contributed by atoms with Gasteiger partial charge in [0.1, 0.15) is 5.00 Å². The molecule has 0 radical (unpaired) electrons. The molecule has 0 atom stereocenters. The maximum atomic E-state index is 13.2. The Bertz CT molecular complexity index is 1400. The van der Waals surface area contributed by atoms with Crippen LogP contribution in [0.3, 0.4) is 0 Å². The number of carbonyl (C=O) groups excluding carboxylic acids is 4. The first kappa shape index (κ1) is 30.5. The van der Waals surface area contributed by atoms with Crippen molar-refractivity contribution in [2.75, 3.05) is 38.2 Å². The molecule has 14 heteroatoms. The second kappa shape index (κ2) is 13.4. The van der Waals surface area contributed by atoms with Crippen LogP contribution in [-0.4, -0.2) is 74.5 Å². The molecule has 3 heterocycles. The van der Waals surface area contributed by atoms with Gasteiger partial charge in [-0.1, -0.05) is 12.8 Å². The molecule has 1 saturated heterocycles. The van der Waals surface area contributed by atoms with Crippen LogP contribution >= 0.6 is 11.3 Å². The third kappa shape index (κ3) is 7.05. The molecular weight excluding hydrogens is 572 g/mol. The summed E-state index contributed by atoms with van der Waals surface area (Å²) in [5, 5.41) is 5.12. The number of fused-ring (bicyclic) bond motifs is 1. The van der Waals surface area contributed by atoms with Gasteiger partial charge in [-0.05, 0) is 62.9 Å². The third-order valence-corrected chi connectivity index (χ3v) is 9.89. The molecule has 2 aromatic rings. The van der Waals surface area contributed by atoms with Gasteiger partial charge < -0.3 is 19.7 Å². The number of sulfonamides is 1. The van der Waals surface area contributed by atoms with Crippen LogP contribution in [0.15, 0.2) is 29.2 Å². The molecule has 0 spiro atoms. The molecule has 4 rings (SSSR count). The number of nitrogens with one attached hydrogen (secondary N) is 2. The Labute approximate surface area is 243 Å². The molecule has 12 nitrogen and oxygen atoms in total. The van der Waals surface area contributed by atoms with Gasteiger partial charge >= 0.3 is 12.2 Å². The molecule has 2 N–H and O–H groups in total. The second-order valence-electron chi connectivity index (χ2n) is 9.55. The minimum Gasteiger partial charge on any atom is -0.450 e. The third-order valence-electron chi connectivity index (χ3n) is 6.85. The van der Waals surface area contributed by atoms with Crippen LogP contribution < -0.4 is 10.6 Å². The molecule has 1 aromatic heterocycles. The van der Waals surface area contributed by atoms with E-state index in [0.29, 0.717) is 36.5 Å². The van der Waals surface area contributed by atoms with Crippen molar-refractivity contribution >= 4 is 50.4 Å². The van der Waals surface area contributed by atoms with Crippen molar-refractivity contribution in [2.45, 2.75) is 57.4 Å². The van der Waals surface area contributed by atoms with Gasteiger partial charge in [-0.25, -0.2) is 18.0 Å². The molecule has 2 aliphatic rings. The van der Waals surface area contributed by atoms with Crippen molar-refractivity contribution < 1.29 is 37.1 Å². The highest BCUT2D eigenvalue weighted by Gasteiger charge is 2.32. The number of hydrogen-bond acceptors (Lipinski definition) is 9. The van der Waals surface area contributed by atoms with E-state index in [1.807, 2.05) is 0 Å². The summed E-state index contributed by atoms with van der Waals surface area (Å²) in [6, 6.07) is 5.66. The Kier molecular flexibility index (Phi) is 9.99. The lowest BCUT2D eigenvalue weighted by molar-refractivity contribution is 0.0924.